The summed E-state index contributed by atoms with van der Waals surface area (Å²) in [6.07, 6.45) is 5.04. The van der Waals surface area contributed by atoms with E-state index < -0.39 is 11.9 Å². The number of nitriles is 1. The Balaban J connectivity index is 1.61. The second kappa shape index (κ2) is 10.3. The summed E-state index contributed by atoms with van der Waals surface area (Å²) in [7, 11) is 1.85. The molecule has 2 aromatic carbocycles. The number of hydrogen-bond donors (Lipinski definition) is 2. The molecule has 5 aromatic rings. The third-order valence-corrected chi connectivity index (χ3v) is 6.63. The van der Waals surface area contributed by atoms with Crippen LogP contribution in [0.15, 0.2) is 55.0 Å². The van der Waals surface area contributed by atoms with Crippen LogP contribution in [-0.2, 0) is 7.05 Å². The van der Waals surface area contributed by atoms with Gasteiger partial charge in [0.25, 0.3) is 0 Å². The van der Waals surface area contributed by atoms with E-state index in [1.54, 1.807) is 21.6 Å². The summed E-state index contributed by atoms with van der Waals surface area (Å²) in [5, 5.41) is 30.4. The Kier molecular flexibility index (Phi) is 6.89. The van der Waals surface area contributed by atoms with Gasteiger partial charge in [0.1, 0.15) is 23.6 Å². The van der Waals surface area contributed by atoms with Crippen LogP contribution in [0.3, 0.4) is 0 Å². The van der Waals surface area contributed by atoms with Crippen molar-refractivity contribution in [3.05, 3.63) is 87.8 Å². The largest absolute Gasteiger partial charge is 0.371 e. The third kappa shape index (κ3) is 4.86. The van der Waals surface area contributed by atoms with Crippen molar-refractivity contribution in [2.75, 3.05) is 10.6 Å². The molecule has 38 heavy (non-hydrogen) atoms. The minimum atomic E-state index is -0.539. The van der Waals surface area contributed by atoms with Gasteiger partial charge < -0.3 is 10.6 Å². The second-order valence-electron chi connectivity index (χ2n) is 8.94. The number of nitrogens with one attached hydrogen (secondary N) is 2. The third-order valence-electron chi connectivity index (χ3n) is 6.05. The Morgan fingerprint density at radius 2 is 1.87 bits per heavy atom. The highest BCUT2D eigenvalue weighted by Gasteiger charge is 2.23. The van der Waals surface area contributed by atoms with Gasteiger partial charge in [0.05, 0.1) is 38.7 Å². The first kappa shape index (κ1) is 25.4. The molecule has 5 rings (SSSR count). The van der Waals surface area contributed by atoms with E-state index in [9.17, 15) is 9.65 Å². The maximum absolute atomic E-state index is 13.7. The van der Waals surface area contributed by atoms with Crippen LogP contribution >= 0.6 is 23.2 Å². The molecule has 3 aromatic heterocycles. The van der Waals surface area contributed by atoms with E-state index in [1.165, 1.54) is 24.4 Å². The molecule has 3 heterocycles. The monoisotopic (exact) mass is 549 g/mol. The lowest BCUT2D eigenvalue weighted by atomic mass is 10.1. The number of halogens is 3. The number of hydrogen-bond acceptors (Lipinski definition) is 7. The zero-order valence-electron chi connectivity index (χ0n) is 20.6. The number of nitrogens with zero attached hydrogens (tertiary/aromatic N) is 7. The van der Waals surface area contributed by atoms with Crippen LogP contribution in [0, 0.1) is 17.1 Å². The molecular formula is C26H22Cl2FN9. The highest BCUT2D eigenvalue weighted by molar-refractivity contribution is 6.36. The molecule has 12 heteroatoms. The molecule has 0 aliphatic heterocycles. The zero-order chi connectivity index (χ0) is 27.0. The molecular weight excluding hydrogens is 528 g/mol. The second-order valence-corrected chi connectivity index (χ2v) is 9.76. The highest BCUT2D eigenvalue weighted by atomic mass is 35.5. The van der Waals surface area contributed by atoms with Crippen LogP contribution in [0.25, 0.3) is 10.9 Å². The molecule has 192 valence electrons. The van der Waals surface area contributed by atoms with E-state index >= 15 is 0 Å². The van der Waals surface area contributed by atoms with Crippen LogP contribution in [0.5, 0.6) is 0 Å². The van der Waals surface area contributed by atoms with Gasteiger partial charge in [-0.1, -0.05) is 28.4 Å². The Labute approximate surface area is 227 Å². The highest BCUT2D eigenvalue weighted by Crippen LogP contribution is 2.37. The van der Waals surface area contributed by atoms with Crippen LogP contribution in [0.1, 0.15) is 42.9 Å². The fourth-order valence-corrected chi connectivity index (χ4v) is 4.54. The van der Waals surface area contributed by atoms with Crippen molar-refractivity contribution in [3.8, 4) is 6.07 Å². The Morgan fingerprint density at radius 1 is 1.08 bits per heavy atom. The van der Waals surface area contributed by atoms with E-state index in [4.69, 9.17) is 23.2 Å². The normalized spacial score (nSPS) is 12.1. The molecule has 0 radical (unpaired) electrons. The molecule has 0 aliphatic rings. The van der Waals surface area contributed by atoms with Crippen molar-refractivity contribution in [1.29, 1.82) is 5.26 Å². The summed E-state index contributed by atoms with van der Waals surface area (Å²) >= 11 is 12.7. The van der Waals surface area contributed by atoms with E-state index in [1.807, 2.05) is 39.2 Å². The maximum atomic E-state index is 13.7. The van der Waals surface area contributed by atoms with Gasteiger partial charge in [-0.3, -0.25) is 9.67 Å². The number of rotatable bonds is 7. The van der Waals surface area contributed by atoms with Crippen molar-refractivity contribution < 1.29 is 4.39 Å². The van der Waals surface area contributed by atoms with Crippen molar-refractivity contribution in [2.45, 2.75) is 25.9 Å². The van der Waals surface area contributed by atoms with Crippen molar-refractivity contribution in [1.82, 2.24) is 29.8 Å². The number of benzene rings is 2. The molecule has 2 N–H and O–H groups in total. The predicted molar refractivity (Wildman–Crippen MR) is 145 cm³/mol. The van der Waals surface area contributed by atoms with E-state index in [2.05, 4.69) is 37.1 Å². The average Bonchev–Trinajstić information content (AvgIpc) is 3.55. The van der Waals surface area contributed by atoms with Crippen LogP contribution in [0.4, 0.5) is 21.5 Å². The van der Waals surface area contributed by atoms with E-state index in [-0.39, 0.29) is 16.6 Å². The van der Waals surface area contributed by atoms with Crippen LogP contribution < -0.4 is 10.6 Å². The smallest absolute Gasteiger partial charge is 0.141 e. The summed E-state index contributed by atoms with van der Waals surface area (Å²) in [4.78, 5) is 4.40. The molecule has 0 fully saturated rings. The topological polar surface area (TPSA) is 109 Å². The molecule has 1 unspecified atom stereocenters. The fraction of sp³-hybridized carbons (Fsp3) is 0.192. The van der Waals surface area contributed by atoms with Gasteiger partial charge in [-0.15, -0.1) is 5.10 Å². The lowest BCUT2D eigenvalue weighted by Crippen LogP contribution is -2.17. The van der Waals surface area contributed by atoms with Crippen molar-refractivity contribution >= 4 is 51.2 Å². The number of aromatic nitrogens is 6. The molecule has 9 nitrogen and oxygen atoms in total. The quantitative estimate of drug-likeness (QED) is 0.241. The Morgan fingerprint density at radius 3 is 2.53 bits per heavy atom. The van der Waals surface area contributed by atoms with Crippen LogP contribution in [0.2, 0.25) is 10.0 Å². The predicted octanol–water partition coefficient (Wildman–Crippen LogP) is 6.40. The van der Waals surface area contributed by atoms with Gasteiger partial charge >= 0.3 is 0 Å². The van der Waals surface area contributed by atoms with Crippen LogP contribution in [-0.4, -0.2) is 29.8 Å². The average molecular weight is 550 g/mol. The number of pyridine rings is 1. The zero-order valence-corrected chi connectivity index (χ0v) is 22.1. The molecule has 0 bridgehead atoms. The van der Waals surface area contributed by atoms with Crippen molar-refractivity contribution in [3.63, 3.8) is 0 Å². The molecule has 0 aliphatic carbocycles. The lowest BCUT2D eigenvalue weighted by molar-refractivity contribution is 0.514. The van der Waals surface area contributed by atoms with Gasteiger partial charge in [-0.05, 0) is 50.2 Å². The summed E-state index contributed by atoms with van der Waals surface area (Å²) in [5.74, 6) is -0.539. The van der Waals surface area contributed by atoms with Gasteiger partial charge in [-0.25, -0.2) is 9.07 Å². The van der Waals surface area contributed by atoms with Crippen molar-refractivity contribution in [2.24, 2.45) is 7.05 Å². The van der Waals surface area contributed by atoms with Gasteiger partial charge in [-0.2, -0.15) is 10.4 Å². The lowest BCUT2D eigenvalue weighted by Gasteiger charge is -2.20. The van der Waals surface area contributed by atoms with E-state index in [0.717, 1.165) is 5.69 Å². The number of aryl methyl sites for hydroxylation is 1. The fourth-order valence-electron chi connectivity index (χ4n) is 4.09. The summed E-state index contributed by atoms with van der Waals surface area (Å²) in [5.41, 5.74) is 3.97. The SMILES string of the molecule is CC(C)n1cc(C(Nc2cc(Cl)c3ncc(C#N)c(Nc4ccc(F)c(Cl)c4)c3c2)c2ccnn2C)nn1. The standard InChI is InChI=1S/C26H22Cl2FN9/c1-14(2)38-13-22(35-36-38)26(23-6-7-32-37(23)3)34-17-8-18-24(33-16-4-5-21(29)19(27)9-16)15(11-30)12-31-25(18)20(28)10-17/h4-10,12-14,26,34H,1-3H3,(H,31,33). The first-order chi connectivity index (χ1) is 18.2. The number of fused-ring (bicyclic) bond motifs is 1. The minimum absolute atomic E-state index is 0.0410. The summed E-state index contributed by atoms with van der Waals surface area (Å²) in [6, 6.07) is 11.6. The molecule has 0 amide bonds. The molecule has 1 atom stereocenters. The van der Waals surface area contributed by atoms with Gasteiger partial charge in [0.15, 0.2) is 0 Å². The molecule has 0 saturated heterocycles. The first-order valence-electron chi connectivity index (χ1n) is 11.7. The minimum Gasteiger partial charge on any atom is -0.371 e. The molecule has 0 saturated carbocycles. The Bertz CT molecular complexity index is 1690. The van der Waals surface area contributed by atoms with Gasteiger partial charge in [0.2, 0.25) is 0 Å². The maximum Gasteiger partial charge on any atom is 0.141 e. The Hall–Kier alpha value is -4.20. The number of anilines is 3. The summed E-state index contributed by atoms with van der Waals surface area (Å²) in [6.45, 7) is 4.05. The van der Waals surface area contributed by atoms with E-state index in [0.29, 0.717) is 38.7 Å². The molecule has 0 spiro atoms. The first-order valence-corrected chi connectivity index (χ1v) is 12.4. The summed E-state index contributed by atoms with van der Waals surface area (Å²) < 4.78 is 17.3. The van der Waals surface area contributed by atoms with Gasteiger partial charge in [0, 0.05) is 42.2 Å².